The lowest BCUT2D eigenvalue weighted by atomic mass is 9.84. The molecule has 1 fully saturated rings. The molecule has 7 heteroatoms. The van der Waals surface area contributed by atoms with Crippen LogP contribution in [0.2, 0.25) is 0 Å². The van der Waals surface area contributed by atoms with Crippen LogP contribution in [0.5, 0.6) is 0 Å². The first-order valence-electron chi connectivity index (χ1n) is 6.51. The molecule has 1 aromatic rings. The number of carbonyl (C=O) groups excluding carboxylic acids is 3. The van der Waals surface area contributed by atoms with Crippen LogP contribution in [-0.4, -0.2) is 28.2 Å². The maximum Gasteiger partial charge on any atom is 0.256 e. The number of piperidine rings is 1. The van der Waals surface area contributed by atoms with Gasteiger partial charge in [-0.2, -0.15) is 0 Å². The average Bonchev–Trinajstić information content (AvgIpc) is 2.93. The van der Waals surface area contributed by atoms with Gasteiger partial charge in [0.25, 0.3) is 11.8 Å². The summed E-state index contributed by atoms with van der Waals surface area (Å²) in [5, 5.41) is 4.71. The standard InChI is InChI=1S/C13H15N3O3S/c1-2-13(4-3-9(17)15-12(13)19)16-5-7-8(11(16)18)6-20-10(7)14/h6H,2-5,14H2,1H3,(H,15,17,19)/t13-/m0/s1. The molecule has 1 atom stereocenters. The minimum atomic E-state index is -0.936. The average molecular weight is 293 g/mol. The molecular formula is C13H15N3O3S. The second-order valence-electron chi connectivity index (χ2n) is 5.15. The Morgan fingerprint density at radius 3 is 2.80 bits per heavy atom. The minimum Gasteiger partial charge on any atom is -0.390 e. The highest BCUT2D eigenvalue weighted by molar-refractivity contribution is 7.14. The van der Waals surface area contributed by atoms with E-state index in [4.69, 9.17) is 5.73 Å². The zero-order valence-electron chi connectivity index (χ0n) is 11.1. The number of rotatable bonds is 2. The third-order valence-corrected chi connectivity index (χ3v) is 5.11. The Morgan fingerprint density at radius 1 is 1.45 bits per heavy atom. The fourth-order valence-corrected chi connectivity index (χ4v) is 3.79. The Kier molecular flexibility index (Phi) is 2.82. The first kappa shape index (κ1) is 13.1. The molecule has 0 spiro atoms. The fraction of sp³-hybridized carbons (Fsp3) is 0.462. The molecule has 2 aliphatic rings. The monoisotopic (exact) mass is 293 g/mol. The normalized spacial score (nSPS) is 25.9. The summed E-state index contributed by atoms with van der Waals surface area (Å²) in [7, 11) is 0. The largest absolute Gasteiger partial charge is 0.390 e. The van der Waals surface area contributed by atoms with Crippen LogP contribution in [0.3, 0.4) is 0 Å². The highest BCUT2D eigenvalue weighted by Gasteiger charge is 2.51. The number of carbonyl (C=O) groups is 3. The summed E-state index contributed by atoms with van der Waals surface area (Å²) in [6, 6.07) is 0. The van der Waals surface area contributed by atoms with Crippen molar-refractivity contribution in [2.24, 2.45) is 0 Å². The van der Waals surface area contributed by atoms with Crippen molar-refractivity contribution in [1.29, 1.82) is 0 Å². The van der Waals surface area contributed by atoms with Crippen molar-refractivity contribution in [2.75, 3.05) is 5.73 Å². The van der Waals surface area contributed by atoms with Crippen LogP contribution in [0.15, 0.2) is 5.38 Å². The number of amides is 3. The van der Waals surface area contributed by atoms with E-state index >= 15 is 0 Å². The maximum atomic E-state index is 12.5. The Morgan fingerprint density at radius 2 is 2.20 bits per heavy atom. The fourth-order valence-electron chi connectivity index (χ4n) is 2.99. The predicted molar refractivity (Wildman–Crippen MR) is 74.0 cm³/mol. The Labute approximate surface area is 119 Å². The van der Waals surface area contributed by atoms with Gasteiger partial charge >= 0.3 is 0 Å². The number of hydrogen-bond acceptors (Lipinski definition) is 5. The van der Waals surface area contributed by atoms with Gasteiger partial charge in [-0.1, -0.05) is 6.92 Å². The molecule has 0 aromatic carbocycles. The molecule has 0 aliphatic carbocycles. The van der Waals surface area contributed by atoms with E-state index in [1.807, 2.05) is 6.92 Å². The Balaban J connectivity index is 1.98. The number of thiophene rings is 1. The second-order valence-corrected chi connectivity index (χ2v) is 6.06. The number of nitrogen functional groups attached to an aromatic ring is 1. The number of anilines is 1. The van der Waals surface area contributed by atoms with E-state index in [0.29, 0.717) is 30.0 Å². The number of nitrogens with two attached hydrogens (primary N) is 1. The number of nitrogens with zero attached hydrogens (tertiary/aromatic N) is 1. The Bertz CT molecular complexity index is 624. The van der Waals surface area contributed by atoms with Gasteiger partial charge < -0.3 is 10.6 Å². The smallest absolute Gasteiger partial charge is 0.256 e. The molecule has 0 saturated carbocycles. The van der Waals surface area contributed by atoms with Crippen molar-refractivity contribution in [2.45, 2.75) is 38.3 Å². The highest BCUT2D eigenvalue weighted by atomic mass is 32.1. The molecule has 3 N–H and O–H groups in total. The zero-order chi connectivity index (χ0) is 14.5. The van der Waals surface area contributed by atoms with Gasteiger partial charge in [0.1, 0.15) is 5.54 Å². The topological polar surface area (TPSA) is 92.5 Å². The van der Waals surface area contributed by atoms with Crippen LogP contribution < -0.4 is 11.1 Å². The lowest BCUT2D eigenvalue weighted by Crippen LogP contribution is -2.62. The van der Waals surface area contributed by atoms with Gasteiger partial charge in [0.15, 0.2) is 0 Å². The van der Waals surface area contributed by atoms with Crippen molar-refractivity contribution in [3.8, 4) is 0 Å². The molecule has 0 radical (unpaired) electrons. The summed E-state index contributed by atoms with van der Waals surface area (Å²) in [5.74, 6) is -0.823. The van der Waals surface area contributed by atoms with Crippen molar-refractivity contribution in [1.82, 2.24) is 10.2 Å². The summed E-state index contributed by atoms with van der Waals surface area (Å²) in [5.41, 5.74) is 6.33. The molecular weight excluding hydrogens is 278 g/mol. The van der Waals surface area contributed by atoms with Gasteiger partial charge in [0.2, 0.25) is 5.91 Å². The van der Waals surface area contributed by atoms with E-state index in [1.54, 1.807) is 10.3 Å². The lowest BCUT2D eigenvalue weighted by Gasteiger charge is -2.42. The van der Waals surface area contributed by atoms with Crippen LogP contribution in [0, 0.1) is 0 Å². The summed E-state index contributed by atoms with van der Waals surface area (Å²) in [6.45, 7) is 2.20. The van der Waals surface area contributed by atoms with Gasteiger partial charge in [-0.05, 0) is 12.8 Å². The Hall–Kier alpha value is -1.89. The number of fused-ring (bicyclic) bond motifs is 1. The molecule has 3 amide bonds. The van der Waals surface area contributed by atoms with E-state index in [1.165, 1.54) is 11.3 Å². The van der Waals surface area contributed by atoms with Crippen molar-refractivity contribution >= 4 is 34.1 Å². The number of imide groups is 1. The van der Waals surface area contributed by atoms with Gasteiger partial charge in [-0.25, -0.2) is 0 Å². The van der Waals surface area contributed by atoms with E-state index < -0.39 is 5.54 Å². The third kappa shape index (κ3) is 1.59. The molecule has 2 aliphatic heterocycles. The van der Waals surface area contributed by atoms with Gasteiger partial charge in [-0.3, -0.25) is 19.7 Å². The van der Waals surface area contributed by atoms with Gasteiger partial charge in [0.05, 0.1) is 17.1 Å². The van der Waals surface area contributed by atoms with Crippen LogP contribution in [0.25, 0.3) is 0 Å². The SMILES string of the molecule is CC[C@]1(N2Cc3c(csc3N)C2=O)CCC(=O)NC1=O. The molecule has 0 unspecified atom stereocenters. The predicted octanol–water partition coefficient (Wildman–Crippen LogP) is 0.871. The number of hydrogen-bond donors (Lipinski definition) is 2. The molecule has 1 saturated heterocycles. The highest BCUT2D eigenvalue weighted by Crippen LogP contribution is 2.40. The molecule has 20 heavy (non-hydrogen) atoms. The first-order valence-corrected chi connectivity index (χ1v) is 7.39. The quantitative estimate of drug-likeness (QED) is 0.791. The summed E-state index contributed by atoms with van der Waals surface area (Å²) in [4.78, 5) is 37.7. The minimum absolute atomic E-state index is 0.167. The molecule has 3 rings (SSSR count). The van der Waals surface area contributed by atoms with Gasteiger partial charge in [-0.15, -0.1) is 11.3 Å². The van der Waals surface area contributed by atoms with E-state index in [9.17, 15) is 14.4 Å². The van der Waals surface area contributed by atoms with E-state index in [0.717, 1.165) is 5.56 Å². The molecule has 3 heterocycles. The van der Waals surface area contributed by atoms with Crippen LogP contribution in [0.1, 0.15) is 42.1 Å². The van der Waals surface area contributed by atoms with Gasteiger partial charge in [0, 0.05) is 17.4 Å². The summed E-state index contributed by atoms with van der Waals surface area (Å²) < 4.78 is 0. The van der Waals surface area contributed by atoms with E-state index in [2.05, 4.69) is 5.32 Å². The zero-order valence-corrected chi connectivity index (χ0v) is 11.9. The third-order valence-electron chi connectivity index (χ3n) is 4.26. The van der Waals surface area contributed by atoms with Crippen LogP contribution >= 0.6 is 11.3 Å². The van der Waals surface area contributed by atoms with E-state index in [-0.39, 0.29) is 24.1 Å². The van der Waals surface area contributed by atoms with Crippen LogP contribution in [0.4, 0.5) is 5.00 Å². The van der Waals surface area contributed by atoms with Crippen molar-refractivity contribution < 1.29 is 14.4 Å². The van der Waals surface area contributed by atoms with Crippen molar-refractivity contribution in [3.05, 3.63) is 16.5 Å². The molecule has 6 nitrogen and oxygen atoms in total. The molecule has 1 aromatic heterocycles. The maximum absolute atomic E-state index is 12.5. The molecule has 0 bridgehead atoms. The summed E-state index contributed by atoms with van der Waals surface area (Å²) >= 11 is 1.34. The first-order chi connectivity index (χ1) is 9.49. The lowest BCUT2D eigenvalue weighted by molar-refractivity contribution is -0.143. The second kappa shape index (κ2) is 4.31. The number of nitrogens with one attached hydrogen (secondary N) is 1. The summed E-state index contributed by atoms with van der Waals surface area (Å²) in [6.07, 6.45) is 1.10. The van der Waals surface area contributed by atoms with Crippen LogP contribution in [-0.2, 0) is 16.1 Å². The van der Waals surface area contributed by atoms with Crippen molar-refractivity contribution in [3.63, 3.8) is 0 Å². The molecule has 106 valence electrons.